The van der Waals surface area contributed by atoms with Gasteiger partial charge < -0.3 is 50.1 Å². The predicted molar refractivity (Wildman–Crippen MR) is 172 cm³/mol. The second-order valence-electron chi connectivity index (χ2n) is 14.6. The fraction of sp³-hybridized carbons (Fsp3) is 0.844. The van der Waals surface area contributed by atoms with Crippen molar-refractivity contribution >= 4 is 29.7 Å². The molecule has 1 rings (SSSR count). The average molecular weight is 675 g/mol. The van der Waals surface area contributed by atoms with E-state index in [1.165, 1.54) is 0 Å². The molecule has 1 heterocycles. The van der Waals surface area contributed by atoms with E-state index in [0.29, 0.717) is 32.9 Å². The van der Waals surface area contributed by atoms with Crippen LogP contribution >= 0.6 is 0 Å². The Labute approximate surface area is 279 Å². The first kappa shape index (κ1) is 42.2. The van der Waals surface area contributed by atoms with Gasteiger partial charge in [0.1, 0.15) is 26.4 Å². The molecule has 15 nitrogen and oxygen atoms in total. The molecule has 272 valence electrons. The smallest absolute Gasteiger partial charge is 0.313 e. The lowest BCUT2D eigenvalue weighted by atomic mass is 9.88. The van der Waals surface area contributed by atoms with Crippen molar-refractivity contribution in [2.24, 2.45) is 27.4 Å². The summed E-state index contributed by atoms with van der Waals surface area (Å²) in [6.07, 6.45) is 0. The van der Waals surface area contributed by atoms with Gasteiger partial charge in [0.25, 0.3) is 0 Å². The van der Waals surface area contributed by atoms with Crippen molar-refractivity contribution in [1.82, 2.24) is 16.0 Å². The van der Waals surface area contributed by atoms with Gasteiger partial charge in [0, 0.05) is 25.7 Å². The van der Waals surface area contributed by atoms with Crippen molar-refractivity contribution < 1.29 is 52.4 Å². The average Bonchev–Trinajstić information content (AvgIpc) is 3.83. The molecule has 0 saturated carbocycles. The van der Waals surface area contributed by atoms with Gasteiger partial charge in [-0.25, -0.2) is 0 Å². The maximum Gasteiger partial charge on any atom is 0.313 e. The first-order valence-electron chi connectivity index (χ1n) is 16.0. The Hall–Kier alpha value is -2.85. The number of nitrogens with two attached hydrogens (primary N) is 1. The Morgan fingerprint density at radius 1 is 0.702 bits per heavy atom. The van der Waals surface area contributed by atoms with Gasteiger partial charge in [0.05, 0.1) is 60.7 Å². The van der Waals surface area contributed by atoms with E-state index in [2.05, 4.69) is 16.0 Å². The number of hydrogen-bond donors (Lipinski definition) is 4. The maximum absolute atomic E-state index is 13.1. The minimum Gasteiger partial charge on any atom is -0.464 e. The fourth-order valence-electron chi connectivity index (χ4n) is 3.64. The minimum absolute atomic E-state index is 0.0296. The molecule has 1 aliphatic rings. The number of amides is 2. The lowest BCUT2D eigenvalue weighted by Gasteiger charge is -2.34. The number of nitrogens with one attached hydrogen (secondary N) is 3. The van der Waals surface area contributed by atoms with E-state index < -0.39 is 51.5 Å². The highest BCUT2D eigenvalue weighted by Gasteiger charge is 2.46. The molecular formula is C32H58N4O11. The SMILES string of the molecule is CC(N)C(=O)NCCOCCOCCNC(=O)COCC(COC(=O)C(C)(C)C)(COC(=O)C(C)(C)C)COC(=O)C(C)(C)C1CN1. The van der Waals surface area contributed by atoms with E-state index in [4.69, 9.17) is 34.2 Å². The second-order valence-corrected chi connectivity index (χ2v) is 14.6. The lowest BCUT2D eigenvalue weighted by molar-refractivity contribution is -0.178. The molecule has 15 heteroatoms. The summed E-state index contributed by atoms with van der Waals surface area (Å²) < 4.78 is 33.5. The van der Waals surface area contributed by atoms with Gasteiger partial charge in [-0.15, -0.1) is 0 Å². The molecule has 1 saturated heterocycles. The molecule has 0 aromatic carbocycles. The molecule has 47 heavy (non-hydrogen) atoms. The molecule has 0 aromatic heterocycles. The lowest BCUT2D eigenvalue weighted by Crippen LogP contribution is -2.47. The van der Waals surface area contributed by atoms with Gasteiger partial charge in [-0.05, 0) is 62.3 Å². The summed E-state index contributed by atoms with van der Waals surface area (Å²) in [5, 5.41) is 8.43. The summed E-state index contributed by atoms with van der Waals surface area (Å²) in [7, 11) is 0. The largest absolute Gasteiger partial charge is 0.464 e. The van der Waals surface area contributed by atoms with Crippen LogP contribution in [0.25, 0.3) is 0 Å². The maximum atomic E-state index is 13.1. The Morgan fingerprint density at radius 3 is 1.57 bits per heavy atom. The molecule has 2 unspecified atom stereocenters. The molecule has 5 N–H and O–H groups in total. The van der Waals surface area contributed by atoms with Crippen LogP contribution in [0.3, 0.4) is 0 Å². The molecular weight excluding hydrogens is 616 g/mol. The van der Waals surface area contributed by atoms with Crippen LogP contribution in [0.2, 0.25) is 0 Å². The van der Waals surface area contributed by atoms with Crippen LogP contribution in [0.5, 0.6) is 0 Å². The first-order chi connectivity index (χ1) is 21.7. The monoisotopic (exact) mass is 674 g/mol. The van der Waals surface area contributed by atoms with E-state index in [9.17, 15) is 24.0 Å². The van der Waals surface area contributed by atoms with Crippen molar-refractivity contribution in [2.45, 2.75) is 74.4 Å². The summed E-state index contributed by atoms with van der Waals surface area (Å²) in [6, 6.07) is -0.609. The predicted octanol–water partition coefficient (Wildman–Crippen LogP) is 0.322. The zero-order chi connectivity index (χ0) is 35.9. The number of carbonyl (C=O) groups is 5. The summed E-state index contributed by atoms with van der Waals surface area (Å²) in [4.78, 5) is 62.3. The molecule has 2 atom stereocenters. The highest BCUT2D eigenvalue weighted by molar-refractivity contribution is 5.81. The van der Waals surface area contributed by atoms with E-state index in [-0.39, 0.29) is 58.1 Å². The zero-order valence-electron chi connectivity index (χ0n) is 29.7. The third-order valence-corrected chi connectivity index (χ3v) is 7.10. The quantitative estimate of drug-likeness (QED) is 0.0528. The number of carbonyl (C=O) groups excluding carboxylic acids is 5. The Bertz CT molecular complexity index is 1000. The van der Waals surface area contributed by atoms with Crippen LogP contribution in [0, 0.1) is 21.7 Å². The topological polar surface area (TPSA) is 213 Å². The van der Waals surface area contributed by atoms with E-state index in [0.717, 1.165) is 0 Å². The summed E-state index contributed by atoms with van der Waals surface area (Å²) in [5.74, 6) is -2.17. The van der Waals surface area contributed by atoms with Crippen LogP contribution in [0.4, 0.5) is 0 Å². The Morgan fingerprint density at radius 2 is 1.15 bits per heavy atom. The molecule has 2 amide bonds. The van der Waals surface area contributed by atoms with Gasteiger partial charge in [0.15, 0.2) is 0 Å². The third kappa shape index (κ3) is 16.7. The minimum atomic E-state index is -1.29. The summed E-state index contributed by atoms with van der Waals surface area (Å²) in [6.45, 7) is 16.3. The van der Waals surface area contributed by atoms with Crippen LogP contribution in [0.1, 0.15) is 62.3 Å². The number of rotatable bonds is 22. The summed E-state index contributed by atoms with van der Waals surface area (Å²) >= 11 is 0. The number of esters is 3. The first-order valence-corrected chi connectivity index (χ1v) is 16.0. The Kier molecular flexibility index (Phi) is 17.2. The van der Waals surface area contributed by atoms with E-state index >= 15 is 0 Å². The summed E-state index contributed by atoms with van der Waals surface area (Å²) in [5.41, 5.74) is 1.72. The molecule has 1 aliphatic heterocycles. The third-order valence-electron chi connectivity index (χ3n) is 7.10. The zero-order valence-corrected chi connectivity index (χ0v) is 29.7. The number of ether oxygens (including phenoxy) is 6. The standard InChI is InChI=1S/C32H58N4O11/c1-22(33)25(38)35-11-13-43-15-14-42-12-10-34-24(37)17-44-18-32(19-45-26(39)29(2,3)4,20-46-27(40)30(5,6)7)21-47-28(41)31(8,9)23-16-36-23/h22-23,36H,10-21,33H2,1-9H3,(H,34,37)(H,35,38). The normalized spacial score (nSPS) is 15.7. The highest BCUT2D eigenvalue weighted by Crippen LogP contribution is 2.31. The van der Waals surface area contributed by atoms with Crippen molar-refractivity contribution in [3.63, 3.8) is 0 Å². The second kappa shape index (κ2) is 19.2. The van der Waals surface area contributed by atoms with E-state index in [1.807, 2.05) is 0 Å². The molecule has 1 fully saturated rings. The van der Waals surface area contributed by atoms with Crippen molar-refractivity contribution in [2.75, 3.05) is 79.1 Å². The van der Waals surface area contributed by atoms with Crippen molar-refractivity contribution in [3.8, 4) is 0 Å². The van der Waals surface area contributed by atoms with Crippen LogP contribution in [-0.4, -0.2) is 121 Å². The molecule has 0 spiro atoms. The van der Waals surface area contributed by atoms with Gasteiger partial charge in [-0.3, -0.25) is 24.0 Å². The van der Waals surface area contributed by atoms with Crippen molar-refractivity contribution in [3.05, 3.63) is 0 Å². The van der Waals surface area contributed by atoms with Gasteiger partial charge in [-0.2, -0.15) is 0 Å². The van der Waals surface area contributed by atoms with Gasteiger partial charge in [-0.1, -0.05) is 0 Å². The molecule has 0 bridgehead atoms. The molecule has 0 radical (unpaired) electrons. The Balaban J connectivity index is 2.73. The molecule has 0 aliphatic carbocycles. The highest BCUT2D eigenvalue weighted by atomic mass is 16.6. The molecule has 0 aromatic rings. The van der Waals surface area contributed by atoms with E-state index in [1.54, 1.807) is 62.3 Å². The van der Waals surface area contributed by atoms with Crippen molar-refractivity contribution in [1.29, 1.82) is 0 Å². The number of hydrogen-bond acceptors (Lipinski definition) is 13. The van der Waals surface area contributed by atoms with Gasteiger partial charge >= 0.3 is 17.9 Å². The van der Waals surface area contributed by atoms with Crippen LogP contribution in [0.15, 0.2) is 0 Å². The fourth-order valence-corrected chi connectivity index (χ4v) is 3.64. The van der Waals surface area contributed by atoms with Crippen LogP contribution in [-0.2, 0) is 52.4 Å². The van der Waals surface area contributed by atoms with Gasteiger partial charge in [0.2, 0.25) is 11.8 Å². The van der Waals surface area contributed by atoms with Crippen LogP contribution < -0.4 is 21.7 Å².